The number of ether oxygens (including phenoxy) is 2. The van der Waals surface area contributed by atoms with E-state index < -0.39 is 0 Å². The van der Waals surface area contributed by atoms with Gasteiger partial charge in [0.2, 0.25) is 5.91 Å². The third-order valence-electron chi connectivity index (χ3n) is 3.42. The van der Waals surface area contributed by atoms with Crippen LogP contribution in [0.4, 0.5) is 0 Å². The van der Waals surface area contributed by atoms with Gasteiger partial charge >= 0.3 is 5.97 Å². The van der Waals surface area contributed by atoms with Crippen LogP contribution in [0.15, 0.2) is 24.3 Å². The van der Waals surface area contributed by atoms with Gasteiger partial charge in [-0.2, -0.15) is 0 Å². The summed E-state index contributed by atoms with van der Waals surface area (Å²) >= 11 is 0. The van der Waals surface area contributed by atoms with Gasteiger partial charge in [0.1, 0.15) is 5.75 Å². The molecule has 1 rings (SSSR count). The molecule has 1 N–H and O–H groups in total. The van der Waals surface area contributed by atoms with E-state index in [1.54, 1.807) is 36.3 Å². The summed E-state index contributed by atoms with van der Waals surface area (Å²) in [6.45, 7) is 2.61. The number of rotatable bonds is 9. The summed E-state index contributed by atoms with van der Waals surface area (Å²) in [5.74, 6) is 0.00434. The maximum absolute atomic E-state index is 12.6. The molecule has 24 heavy (non-hydrogen) atoms. The molecule has 0 fully saturated rings. The summed E-state index contributed by atoms with van der Waals surface area (Å²) < 4.78 is 9.70. The van der Waals surface area contributed by atoms with Gasteiger partial charge in [-0.05, 0) is 30.7 Å². The van der Waals surface area contributed by atoms with Crippen molar-refractivity contribution >= 4 is 17.8 Å². The van der Waals surface area contributed by atoms with Gasteiger partial charge in [-0.25, -0.2) is 0 Å². The minimum atomic E-state index is -0.371. The SMILES string of the molecule is COC(=O)CCN(CCCNC(C)=O)C(=O)c1ccc(OC)cc1. The molecule has 0 unspecified atom stereocenters. The van der Waals surface area contributed by atoms with Crippen molar-refractivity contribution in [2.24, 2.45) is 0 Å². The van der Waals surface area contributed by atoms with Crippen molar-refractivity contribution < 1.29 is 23.9 Å². The van der Waals surface area contributed by atoms with Crippen molar-refractivity contribution in [2.75, 3.05) is 33.9 Å². The molecule has 0 radical (unpaired) electrons. The van der Waals surface area contributed by atoms with Gasteiger partial charge in [0, 0.05) is 32.1 Å². The lowest BCUT2D eigenvalue weighted by Gasteiger charge is -2.22. The smallest absolute Gasteiger partial charge is 0.307 e. The van der Waals surface area contributed by atoms with Gasteiger partial charge in [0.05, 0.1) is 20.6 Å². The molecule has 0 atom stereocenters. The lowest BCUT2D eigenvalue weighted by Crippen LogP contribution is -2.35. The number of nitrogens with one attached hydrogen (secondary N) is 1. The van der Waals surface area contributed by atoms with Crippen molar-refractivity contribution in [1.29, 1.82) is 0 Å². The van der Waals surface area contributed by atoms with Gasteiger partial charge in [-0.15, -0.1) is 0 Å². The Morgan fingerprint density at radius 1 is 1.08 bits per heavy atom. The first kappa shape index (κ1) is 19.5. The van der Waals surface area contributed by atoms with E-state index in [2.05, 4.69) is 10.1 Å². The highest BCUT2D eigenvalue weighted by Crippen LogP contribution is 2.13. The first-order valence-electron chi connectivity index (χ1n) is 7.72. The normalized spacial score (nSPS) is 9.96. The predicted molar refractivity (Wildman–Crippen MR) is 88.8 cm³/mol. The topological polar surface area (TPSA) is 84.9 Å². The minimum absolute atomic E-state index is 0.113. The number of benzene rings is 1. The molecule has 1 aromatic carbocycles. The summed E-state index contributed by atoms with van der Waals surface area (Å²) in [6.07, 6.45) is 0.723. The van der Waals surface area contributed by atoms with E-state index in [4.69, 9.17) is 4.74 Å². The molecule has 0 heterocycles. The van der Waals surface area contributed by atoms with Gasteiger partial charge < -0.3 is 19.7 Å². The average Bonchev–Trinajstić information content (AvgIpc) is 2.60. The molecular weight excluding hydrogens is 312 g/mol. The number of carbonyl (C=O) groups excluding carboxylic acids is 3. The molecule has 0 aliphatic heterocycles. The number of amides is 2. The Bertz CT molecular complexity index is 557. The minimum Gasteiger partial charge on any atom is -0.497 e. The predicted octanol–water partition coefficient (Wildman–Crippen LogP) is 1.23. The average molecular weight is 336 g/mol. The van der Waals surface area contributed by atoms with E-state index in [1.165, 1.54) is 14.0 Å². The molecule has 0 bridgehead atoms. The van der Waals surface area contributed by atoms with E-state index in [-0.39, 0.29) is 30.7 Å². The molecule has 0 saturated carbocycles. The second-order valence-electron chi connectivity index (χ2n) is 5.18. The molecule has 0 spiro atoms. The first-order chi connectivity index (χ1) is 11.5. The molecule has 7 nitrogen and oxygen atoms in total. The first-order valence-corrected chi connectivity index (χ1v) is 7.72. The molecule has 1 aromatic rings. The Hall–Kier alpha value is -2.57. The summed E-state index contributed by atoms with van der Waals surface area (Å²) in [4.78, 5) is 36.4. The van der Waals surface area contributed by atoms with Crippen LogP contribution < -0.4 is 10.1 Å². The zero-order chi connectivity index (χ0) is 17.9. The van der Waals surface area contributed by atoms with Crippen LogP contribution in [0.5, 0.6) is 5.75 Å². The van der Waals surface area contributed by atoms with Gasteiger partial charge in [-0.3, -0.25) is 14.4 Å². The van der Waals surface area contributed by atoms with Gasteiger partial charge in [0.25, 0.3) is 5.91 Å². The van der Waals surface area contributed by atoms with E-state index in [9.17, 15) is 14.4 Å². The van der Waals surface area contributed by atoms with E-state index in [0.717, 1.165) is 0 Å². The lowest BCUT2D eigenvalue weighted by atomic mass is 10.1. The second-order valence-corrected chi connectivity index (χ2v) is 5.18. The molecule has 0 aliphatic rings. The number of nitrogens with zero attached hydrogens (tertiary/aromatic N) is 1. The molecule has 0 aromatic heterocycles. The fourth-order valence-corrected chi connectivity index (χ4v) is 2.09. The lowest BCUT2D eigenvalue weighted by molar-refractivity contribution is -0.140. The number of methoxy groups -OCH3 is 2. The Morgan fingerprint density at radius 3 is 2.29 bits per heavy atom. The molecular formula is C17H24N2O5. The maximum Gasteiger partial charge on any atom is 0.307 e. The highest BCUT2D eigenvalue weighted by atomic mass is 16.5. The van der Waals surface area contributed by atoms with Crippen molar-refractivity contribution in [3.05, 3.63) is 29.8 Å². The Kier molecular flexibility index (Phi) is 8.32. The zero-order valence-corrected chi connectivity index (χ0v) is 14.3. The molecule has 0 aliphatic carbocycles. The number of hydrogen-bond donors (Lipinski definition) is 1. The third-order valence-corrected chi connectivity index (χ3v) is 3.42. The van der Waals surface area contributed by atoms with Crippen LogP contribution in [-0.2, 0) is 14.3 Å². The molecule has 0 saturated heterocycles. The molecule has 132 valence electrons. The largest absolute Gasteiger partial charge is 0.497 e. The van der Waals surface area contributed by atoms with E-state index >= 15 is 0 Å². The fourth-order valence-electron chi connectivity index (χ4n) is 2.09. The standard InChI is InChI=1S/C17H24N2O5/c1-13(20)18-10-4-11-19(12-9-16(21)24-3)17(22)14-5-7-15(23-2)8-6-14/h5-8H,4,9-12H2,1-3H3,(H,18,20). The van der Waals surface area contributed by atoms with Crippen LogP contribution >= 0.6 is 0 Å². The fraction of sp³-hybridized carbons (Fsp3) is 0.471. The Balaban J connectivity index is 2.70. The Labute approximate surface area is 141 Å². The van der Waals surface area contributed by atoms with E-state index in [1.807, 2.05) is 0 Å². The second kappa shape index (κ2) is 10.3. The maximum atomic E-state index is 12.6. The van der Waals surface area contributed by atoms with Crippen molar-refractivity contribution in [3.8, 4) is 5.75 Å². The van der Waals surface area contributed by atoms with Crippen LogP contribution in [0, 0.1) is 0 Å². The number of esters is 1. The summed E-state index contributed by atoms with van der Waals surface area (Å²) in [6, 6.07) is 6.78. The summed E-state index contributed by atoms with van der Waals surface area (Å²) in [5.41, 5.74) is 0.514. The van der Waals surface area contributed by atoms with Crippen molar-refractivity contribution in [1.82, 2.24) is 10.2 Å². The highest BCUT2D eigenvalue weighted by molar-refractivity contribution is 5.94. The van der Waals surface area contributed by atoms with Crippen LogP contribution in [0.2, 0.25) is 0 Å². The van der Waals surface area contributed by atoms with Crippen LogP contribution in [-0.4, -0.2) is 56.5 Å². The number of hydrogen-bond acceptors (Lipinski definition) is 5. The highest BCUT2D eigenvalue weighted by Gasteiger charge is 2.17. The van der Waals surface area contributed by atoms with Crippen molar-refractivity contribution in [3.63, 3.8) is 0 Å². The molecule has 2 amide bonds. The van der Waals surface area contributed by atoms with Crippen molar-refractivity contribution in [2.45, 2.75) is 19.8 Å². The Morgan fingerprint density at radius 2 is 1.75 bits per heavy atom. The zero-order valence-electron chi connectivity index (χ0n) is 14.3. The third kappa shape index (κ3) is 6.68. The monoisotopic (exact) mass is 336 g/mol. The van der Waals surface area contributed by atoms with Crippen LogP contribution in [0.25, 0.3) is 0 Å². The van der Waals surface area contributed by atoms with Gasteiger partial charge in [0.15, 0.2) is 0 Å². The molecule has 7 heteroatoms. The summed E-state index contributed by atoms with van der Waals surface area (Å²) in [5, 5.41) is 2.69. The van der Waals surface area contributed by atoms with E-state index in [0.29, 0.717) is 30.8 Å². The number of carbonyl (C=O) groups is 3. The quantitative estimate of drug-likeness (QED) is 0.541. The van der Waals surface area contributed by atoms with Crippen LogP contribution in [0.3, 0.4) is 0 Å². The van der Waals surface area contributed by atoms with Crippen LogP contribution in [0.1, 0.15) is 30.1 Å². The summed E-state index contributed by atoms with van der Waals surface area (Å²) in [7, 11) is 2.87. The van der Waals surface area contributed by atoms with Gasteiger partial charge in [-0.1, -0.05) is 0 Å².